The highest BCUT2D eigenvalue weighted by atomic mass is 35.5. The number of amidine groups is 2. The van der Waals surface area contributed by atoms with E-state index in [1.54, 1.807) is 0 Å². The molecule has 0 bridgehead atoms. The molecule has 2 aliphatic heterocycles. The van der Waals surface area contributed by atoms with Gasteiger partial charge in [-0.25, -0.2) is 0 Å². The SMILES string of the molecule is CC1CN=C(CC(C)(C)/N=N/C(C)(C)CC2=NCC(C)N2)N1.Cl.Cl. The zero-order chi connectivity index (χ0) is 16.4. The fourth-order valence-electron chi connectivity index (χ4n) is 2.62. The van der Waals surface area contributed by atoms with Gasteiger partial charge in [-0.1, -0.05) is 0 Å². The van der Waals surface area contributed by atoms with E-state index in [0.717, 1.165) is 37.6 Å². The molecule has 0 aromatic heterocycles. The Morgan fingerprint density at radius 3 is 1.42 bits per heavy atom. The maximum Gasteiger partial charge on any atom is 0.0991 e. The standard InChI is InChI=1S/C16H30N6.2ClH/c1-11-9-17-13(19-11)7-15(3,4)21-22-16(5,6)8-14-18-10-12(2)20-14;;/h11-12H,7-10H2,1-6H3,(H,17,19)(H,18,20);2*1H/b22-21+;;. The summed E-state index contributed by atoms with van der Waals surface area (Å²) in [5.74, 6) is 2.09. The Morgan fingerprint density at radius 1 is 0.833 bits per heavy atom. The normalized spacial score (nSPS) is 23.8. The van der Waals surface area contributed by atoms with Crippen LogP contribution in [0.2, 0.25) is 0 Å². The highest BCUT2D eigenvalue weighted by molar-refractivity contribution is 5.86. The molecule has 2 aliphatic rings. The van der Waals surface area contributed by atoms with Gasteiger partial charge in [-0.2, -0.15) is 10.2 Å². The molecule has 2 unspecified atom stereocenters. The first kappa shape index (κ1) is 23.1. The van der Waals surface area contributed by atoms with Crippen molar-refractivity contribution in [1.29, 1.82) is 0 Å². The summed E-state index contributed by atoms with van der Waals surface area (Å²) in [6.07, 6.45) is 1.60. The number of rotatable bonds is 6. The lowest BCUT2D eigenvalue weighted by Crippen LogP contribution is -2.34. The van der Waals surface area contributed by atoms with E-state index in [2.05, 4.69) is 72.4 Å². The summed E-state index contributed by atoms with van der Waals surface area (Å²) in [6, 6.07) is 0.875. The van der Waals surface area contributed by atoms with E-state index in [0.29, 0.717) is 12.1 Å². The molecule has 2 N–H and O–H groups in total. The Bertz CT molecular complexity index is 455. The molecule has 0 fully saturated rings. The summed E-state index contributed by atoms with van der Waals surface area (Å²) < 4.78 is 0. The smallest absolute Gasteiger partial charge is 0.0991 e. The van der Waals surface area contributed by atoms with Gasteiger partial charge in [0.05, 0.1) is 35.8 Å². The molecule has 0 spiro atoms. The zero-order valence-corrected chi connectivity index (χ0v) is 17.2. The van der Waals surface area contributed by atoms with Crippen LogP contribution in [0.1, 0.15) is 54.4 Å². The Balaban J connectivity index is 0.00000264. The van der Waals surface area contributed by atoms with Crippen molar-refractivity contribution in [2.24, 2.45) is 20.2 Å². The maximum atomic E-state index is 4.60. The summed E-state index contributed by atoms with van der Waals surface area (Å²) in [7, 11) is 0. The third-order valence-corrected chi connectivity index (χ3v) is 3.73. The molecule has 0 radical (unpaired) electrons. The van der Waals surface area contributed by atoms with Gasteiger partial charge in [-0.3, -0.25) is 9.98 Å². The van der Waals surface area contributed by atoms with Crippen LogP contribution in [0, 0.1) is 0 Å². The van der Waals surface area contributed by atoms with E-state index >= 15 is 0 Å². The van der Waals surface area contributed by atoms with Crippen LogP contribution in [0.15, 0.2) is 20.2 Å². The monoisotopic (exact) mass is 378 g/mol. The molecule has 0 aromatic carbocycles. The van der Waals surface area contributed by atoms with Gasteiger partial charge in [0.15, 0.2) is 0 Å². The number of halogens is 2. The Labute approximate surface area is 158 Å². The van der Waals surface area contributed by atoms with E-state index in [1.165, 1.54) is 0 Å². The van der Waals surface area contributed by atoms with Gasteiger partial charge in [-0.15, -0.1) is 24.8 Å². The molecule has 0 saturated heterocycles. The van der Waals surface area contributed by atoms with Crippen molar-refractivity contribution >= 4 is 36.5 Å². The van der Waals surface area contributed by atoms with Crippen molar-refractivity contribution in [1.82, 2.24) is 10.6 Å². The second-order valence-corrected chi connectivity index (χ2v) is 7.84. The summed E-state index contributed by atoms with van der Waals surface area (Å²) in [5.41, 5.74) is -0.489. The molecule has 2 heterocycles. The van der Waals surface area contributed by atoms with Crippen LogP contribution in [0.25, 0.3) is 0 Å². The van der Waals surface area contributed by atoms with Gasteiger partial charge in [-0.05, 0) is 41.5 Å². The van der Waals surface area contributed by atoms with Gasteiger partial charge in [0.2, 0.25) is 0 Å². The molecule has 2 rings (SSSR count). The third kappa shape index (κ3) is 7.34. The van der Waals surface area contributed by atoms with Crippen LogP contribution in [-0.4, -0.2) is 47.9 Å². The van der Waals surface area contributed by atoms with Crippen molar-refractivity contribution in [3.63, 3.8) is 0 Å². The number of aliphatic imine (C=N–C) groups is 2. The van der Waals surface area contributed by atoms with Crippen molar-refractivity contribution in [3.05, 3.63) is 0 Å². The summed E-state index contributed by atoms with van der Waals surface area (Å²) in [5, 5.41) is 16.0. The van der Waals surface area contributed by atoms with E-state index in [1.807, 2.05) is 0 Å². The van der Waals surface area contributed by atoms with Crippen LogP contribution in [0.5, 0.6) is 0 Å². The van der Waals surface area contributed by atoms with E-state index in [9.17, 15) is 0 Å². The molecule has 24 heavy (non-hydrogen) atoms. The Kier molecular flexibility index (Phi) is 8.67. The molecule has 6 nitrogen and oxygen atoms in total. The van der Waals surface area contributed by atoms with Gasteiger partial charge in [0, 0.05) is 24.9 Å². The maximum absolute atomic E-state index is 4.60. The molecule has 0 aliphatic carbocycles. The van der Waals surface area contributed by atoms with E-state index < -0.39 is 0 Å². The highest BCUT2D eigenvalue weighted by Gasteiger charge is 2.27. The zero-order valence-electron chi connectivity index (χ0n) is 15.6. The quantitative estimate of drug-likeness (QED) is 0.694. The summed E-state index contributed by atoms with van der Waals surface area (Å²) in [4.78, 5) is 9.03. The first-order chi connectivity index (χ1) is 10.2. The number of hydrogen-bond donors (Lipinski definition) is 2. The van der Waals surface area contributed by atoms with Crippen molar-refractivity contribution in [2.75, 3.05) is 13.1 Å². The van der Waals surface area contributed by atoms with E-state index in [-0.39, 0.29) is 35.9 Å². The number of nitrogens with zero attached hydrogens (tertiary/aromatic N) is 4. The molecule has 140 valence electrons. The minimum Gasteiger partial charge on any atom is -0.369 e. The van der Waals surface area contributed by atoms with Crippen molar-refractivity contribution < 1.29 is 0 Å². The largest absolute Gasteiger partial charge is 0.369 e. The molecular weight excluding hydrogens is 347 g/mol. The summed E-state index contributed by atoms with van der Waals surface area (Å²) >= 11 is 0. The van der Waals surface area contributed by atoms with Crippen LogP contribution < -0.4 is 10.6 Å². The second-order valence-electron chi connectivity index (χ2n) is 7.84. The van der Waals surface area contributed by atoms with Gasteiger partial charge in [0.25, 0.3) is 0 Å². The molecular formula is C16H32Cl2N6. The molecule has 0 saturated carbocycles. The Morgan fingerprint density at radius 2 is 1.17 bits per heavy atom. The number of nitrogens with one attached hydrogen (secondary N) is 2. The predicted octanol–water partition coefficient (Wildman–Crippen LogP) is 3.40. The topological polar surface area (TPSA) is 73.5 Å². The van der Waals surface area contributed by atoms with E-state index in [4.69, 9.17) is 0 Å². The lowest BCUT2D eigenvalue weighted by molar-refractivity contribution is 0.432. The van der Waals surface area contributed by atoms with Gasteiger partial charge >= 0.3 is 0 Å². The van der Waals surface area contributed by atoms with Crippen LogP contribution in [0.3, 0.4) is 0 Å². The fraction of sp³-hybridized carbons (Fsp3) is 0.875. The highest BCUT2D eigenvalue weighted by Crippen LogP contribution is 2.23. The first-order valence-electron chi connectivity index (χ1n) is 8.19. The minimum absolute atomic E-state index is 0. The van der Waals surface area contributed by atoms with Crippen LogP contribution in [-0.2, 0) is 0 Å². The minimum atomic E-state index is -0.245. The van der Waals surface area contributed by atoms with Crippen LogP contribution in [0.4, 0.5) is 0 Å². The second kappa shape index (κ2) is 8.99. The average molecular weight is 379 g/mol. The van der Waals surface area contributed by atoms with Crippen molar-refractivity contribution in [3.8, 4) is 0 Å². The molecule has 0 aromatic rings. The molecule has 2 atom stereocenters. The molecule has 0 amide bonds. The molecule has 8 heteroatoms. The first-order valence-corrected chi connectivity index (χ1v) is 8.19. The lowest BCUT2D eigenvalue weighted by Gasteiger charge is -2.23. The number of hydrogen-bond acceptors (Lipinski definition) is 6. The number of azo groups is 1. The summed E-state index contributed by atoms with van der Waals surface area (Å²) in [6.45, 7) is 14.4. The predicted molar refractivity (Wildman–Crippen MR) is 107 cm³/mol. The van der Waals surface area contributed by atoms with Gasteiger partial charge in [0.1, 0.15) is 0 Å². The average Bonchev–Trinajstić information content (AvgIpc) is 2.96. The van der Waals surface area contributed by atoms with Crippen LogP contribution >= 0.6 is 24.8 Å². The Hall–Kier alpha value is -0.880. The van der Waals surface area contributed by atoms with Crippen molar-refractivity contribution in [2.45, 2.75) is 77.5 Å². The fourth-order valence-corrected chi connectivity index (χ4v) is 2.62. The lowest BCUT2D eigenvalue weighted by atomic mass is 10.00. The van der Waals surface area contributed by atoms with Gasteiger partial charge < -0.3 is 10.6 Å². The third-order valence-electron chi connectivity index (χ3n) is 3.73.